The van der Waals surface area contributed by atoms with E-state index in [1.807, 2.05) is 11.8 Å². The molecular formula is C64H70F2N10O9. The number of aromatic nitrogens is 3. The zero-order valence-corrected chi connectivity index (χ0v) is 48.2. The van der Waals surface area contributed by atoms with Gasteiger partial charge in [-0.25, -0.2) is 8.78 Å². The Morgan fingerprint density at radius 3 is 2.36 bits per heavy atom. The summed E-state index contributed by atoms with van der Waals surface area (Å²) in [6.45, 7) is 17.2. The first kappa shape index (κ1) is 56.5. The standard InChI is InChI=1S/C64H70F2N10O9/c1-6-42-48(65)11-10-39-24-41(77)25-46(53(39)42)54-43(7-2)55-47(29-67-54)56(74-30-35(3)8-9-36(4)31-74)70-63(69-55)84-34-64-17-14-40(75(64)32-37(5)28-64)33-83-62-61(85-62)73-22-20-72(21-23-73)58(80)38-15-18-71(19-16-38)51-27-45-44(26-49(51)66)59(81)76(60(45)82)50-12-13-52(78)68-57(50)79/h1,10-11,24-27,29,35-36,38,40,50,61-62,77H,5,7-9,12-23,28,30-34H2,2-4H3,(H,68,78,79). The summed E-state index contributed by atoms with van der Waals surface area (Å²) in [4.78, 5) is 91.9. The molecule has 21 heteroatoms. The fourth-order valence-corrected chi connectivity index (χ4v) is 14.7. The summed E-state index contributed by atoms with van der Waals surface area (Å²) >= 11 is 0. The maximum Gasteiger partial charge on any atom is 0.319 e. The summed E-state index contributed by atoms with van der Waals surface area (Å²) in [6.07, 6.45) is 13.3. The van der Waals surface area contributed by atoms with Crippen LogP contribution in [-0.2, 0) is 30.3 Å². The monoisotopic (exact) mass is 1160 g/mol. The largest absolute Gasteiger partial charge is 0.508 e. The zero-order valence-electron chi connectivity index (χ0n) is 48.2. The lowest BCUT2D eigenvalue weighted by Crippen LogP contribution is -2.54. The minimum Gasteiger partial charge on any atom is -0.508 e. The van der Waals surface area contributed by atoms with Crippen LogP contribution < -0.4 is 19.9 Å². The van der Waals surface area contributed by atoms with Crippen molar-refractivity contribution in [3.8, 4) is 35.4 Å². The van der Waals surface area contributed by atoms with E-state index in [1.54, 1.807) is 29.3 Å². The number of terminal acetylenes is 1. The van der Waals surface area contributed by atoms with E-state index in [0.29, 0.717) is 118 Å². The second kappa shape index (κ2) is 22.3. The molecule has 7 atom stereocenters. The molecule has 7 fully saturated rings. The van der Waals surface area contributed by atoms with Crippen molar-refractivity contribution in [1.82, 2.24) is 39.9 Å². The molecule has 3 aromatic carbocycles. The van der Waals surface area contributed by atoms with Crippen molar-refractivity contribution in [3.63, 3.8) is 0 Å². The van der Waals surface area contributed by atoms with Gasteiger partial charge in [0, 0.05) is 100.0 Å². The van der Waals surface area contributed by atoms with E-state index in [4.69, 9.17) is 35.6 Å². The molecule has 8 aliphatic rings. The third-order valence-corrected chi connectivity index (χ3v) is 19.1. The van der Waals surface area contributed by atoms with Crippen LogP contribution in [0.15, 0.2) is 54.7 Å². The number of halogens is 2. The number of carbonyl (C=O) groups excluding carboxylic acids is 5. The zero-order chi connectivity index (χ0) is 59.2. The number of amides is 5. The Kier molecular flexibility index (Phi) is 14.8. The number of phenolic OH excluding ortho intramolecular Hbond substituents is 1. The number of anilines is 2. The molecule has 13 rings (SSSR count). The predicted molar refractivity (Wildman–Crippen MR) is 311 cm³/mol. The van der Waals surface area contributed by atoms with E-state index in [-0.39, 0.29) is 76.6 Å². The lowest BCUT2D eigenvalue weighted by atomic mass is 9.93. The number of aryl methyl sites for hydroxylation is 1. The van der Waals surface area contributed by atoms with Crippen molar-refractivity contribution in [2.75, 3.05) is 81.9 Å². The normalized spacial score (nSPS) is 26.8. The molecule has 2 aromatic heterocycles. The minimum atomic E-state index is -1.15. The first-order chi connectivity index (χ1) is 41.0. The number of ether oxygens (including phenoxy) is 3. The number of fused-ring (bicyclic) bond motifs is 4. The number of nitrogens with zero attached hydrogens (tertiary/aromatic N) is 9. The summed E-state index contributed by atoms with van der Waals surface area (Å²) < 4.78 is 50.5. The highest BCUT2D eigenvalue weighted by Crippen LogP contribution is 2.46. The summed E-state index contributed by atoms with van der Waals surface area (Å²) in [5, 5.41) is 15.0. The number of pyridine rings is 1. The molecule has 85 heavy (non-hydrogen) atoms. The quantitative estimate of drug-likeness (QED) is 0.0530. The number of carbonyl (C=O) groups is 5. The van der Waals surface area contributed by atoms with Crippen molar-refractivity contribution in [3.05, 3.63) is 88.6 Å². The van der Waals surface area contributed by atoms with Crippen LogP contribution in [-0.4, -0.2) is 171 Å². The highest BCUT2D eigenvalue weighted by molar-refractivity contribution is 6.24. The number of epoxide rings is 1. The van der Waals surface area contributed by atoms with E-state index < -0.39 is 47.6 Å². The average Bonchev–Trinajstić information content (AvgIpc) is 2.66. The Morgan fingerprint density at radius 2 is 1.65 bits per heavy atom. The molecule has 0 spiro atoms. The molecule has 7 saturated heterocycles. The predicted octanol–water partition coefficient (Wildman–Crippen LogP) is 6.95. The fourth-order valence-electron chi connectivity index (χ4n) is 14.7. The summed E-state index contributed by atoms with van der Waals surface area (Å²) in [5.74, 6) is 0.106. The number of hydrogen-bond donors (Lipinski definition) is 2. The molecule has 7 unspecified atom stereocenters. The second-order valence-corrected chi connectivity index (χ2v) is 24.8. The Bertz CT molecular complexity index is 3640. The SMILES string of the molecule is C#Cc1c(F)ccc2cc(O)cc(-c3ncc4c(N5CC(C)CCC(C)C5)nc(OCC56CCC(COC7OC7N7CCN(C(=O)C8CCN(c9cc%10c(cc9F)C(=O)N(C9CCC(=O)NC9=O)C%10=O)CC8)CC7)N5CC(=C)C6)nc4c3CC)c12. The molecule has 8 aliphatic heterocycles. The number of benzene rings is 3. The summed E-state index contributed by atoms with van der Waals surface area (Å²) in [7, 11) is 0. The van der Waals surface area contributed by atoms with Gasteiger partial charge in [0.2, 0.25) is 17.7 Å². The molecule has 0 radical (unpaired) electrons. The van der Waals surface area contributed by atoms with Crippen molar-refractivity contribution in [1.29, 1.82) is 0 Å². The Labute approximate surface area is 491 Å². The van der Waals surface area contributed by atoms with Crippen LogP contribution in [0.1, 0.15) is 110 Å². The maximum absolute atomic E-state index is 15.7. The molecule has 0 aliphatic carbocycles. The fraction of sp³-hybridized carbons (Fsp3) is 0.500. The van der Waals surface area contributed by atoms with Crippen molar-refractivity contribution in [2.45, 2.75) is 115 Å². The van der Waals surface area contributed by atoms with Gasteiger partial charge < -0.3 is 34.0 Å². The van der Waals surface area contributed by atoms with Gasteiger partial charge in [0.25, 0.3) is 11.8 Å². The molecule has 0 bridgehead atoms. The lowest BCUT2D eigenvalue weighted by molar-refractivity contribution is -0.138. The lowest BCUT2D eigenvalue weighted by Gasteiger charge is -2.38. The molecular weight excluding hydrogens is 1090 g/mol. The average molecular weight is 1160 g/mol. The van der Waals surface area contributed by atoms with Crippen LogP contribution in [0, 0.1) is 41.7 Å². The van der Waals surface area contributed by atoms with E-state index in [9.17, 15) is 29.1 Å². The first-order valence-corrected chi connectivity index (χ1v) is 30.0. The van der Waals surface area contributed by atoms with Gasteiger partial charge in [0.15, 0.2) is 12.5 Å². The van der Waals surface area contributed by atoms with Crippen LogP contribution >= 0.6 is 0 Å². The van der Waals surface area contributed by atoms with Crippen LogP contribution in [0.4, 0.5) is 20.3 Å². The van der Waals surface area contributed by atoms with E-state index in [1.165, 1.54) is 12.1 Å². The van der Waals surface area contributed by atoms with Crippen LogP contribution in [0.25, 0.3) is 32.9 Å². The number of rotatable bonds is 13. The Balaban J connectivity index is 0.637. The van der Waals surface area contributed by atoms with Gasteiger partial charge in [-0.05, 0) is 105 Å². The van der Waals surface area contributed by atoms with Crippen molar-refractivity contribution in [2.24, 2.45) is 17.8 Å². The van der Waals surface area contributed by atoms with Gasteiger partial charge in [-0.2, -0.15) is 9.97 Å². The molecule has 0 saturated carbocycles. The summed E-state index contributed by atoms with van der Waals surface area (Å²) in [6, 6.07) is 7.73. The number of aromatic hydroxyl groups is 1. The first-order valence-electron chi connectivity index (χ1n) is 30.0. The summed E-state index contributed by atoms with van der Waals surface area (Å²) in [5.41, 5.74) is 3.47. The molecule has 10 heterocycles. The Morgan fingerprint density at radius 1 is 0.906 bits per heavy atom. The number of hydrogen-bond acceptors (Lipinski definition) is 16. The number of nitrogens with one attached hydrogen (secondary N) is 1. The van der Waals surface area contributed by atoms with Gasteiger partial charge in [-0.15, -0.1) is 6.42 Å². The van der Waals surface area contributed by atoms with Gasteiger partial charge in [0.1, 0.15) is 35.9 Å². The Hall–Kier alpha value is -7.64. The van der Waals surface area contributed by atoms with Crippen LogP contribution in [0.2, 0.25) is 0 Å². The molecule has 2 N–H and O–H groups in total. The van der Waals surface area contributed by atoms with E-state index in [0.717, 1.165) is 78.5 Å². The highest BCUT2D eigenvalue weighted by Gasteiger charge is 2.53. The molecule has 19 nitrogen and oxygen atoms in total. The number of piperazine rings is 1. The van der Waals surface area contributed by atoms with Gasteiger partial charge in [0.05, 0.1) is 51.1 Å². The topological polar surface area (TPSA) is 207 Å². The minimum absolute atomic E-state index is 0.00299. The third kappa shape index (κ3) is 10.3. The van der Waals surface area contributed by atoms with Crippen molar-refractivity contribution < 1.29 is 52.1 Å². The molecule has 5 aromatic rings. The van der Waals surface area contributed by atoms with E-state index >= 15 is 8.78 Å². The van der Waals surface area contributed by atoms with Gasteiger partial charge in [-0.3, -0.25) is 49.0 Å². The maximum atomic E-state index is 15.7. The third-order valence-electron chi connectivity index (χ3n) is 19.1. The highest BCUT2D eigenvalue weighted by atomic mass is 19.1. The van der Waals surface area contributed by atoms with Gasteiger partial charge >= 0.3 is 6.01 Å². The smallest absolute Gasteiger partial charge is 0.319 e. The number of imide groups is 2. The molecule has 444 valence electrons. The van der Waals surface area contributed by atoms with Gasteiger partial charge in [-0.1, -0.05) is 44.9 Å². The van der Waals surface area contributed by atoms with Crippen LogP contribution in [0.5, 0.6) is 11.8 Å². The van der Waals surface area contributed by atoms with Crippen molar-refractivity contribution >= 4 is 62.7 Å². The second-order valence-electron chi connectivity index (χ2n) is 24.8. The number of phenols is 1. The van der Waals surface area contributed by atoms with Crippen LogP contribution in [0.3, 0.4) is 0 Å². The van der Waals surface area contributed by atoms with E-state index in [2.05, 4.69) is 46.4 Å². The number of piperidine rings is 2. The molecule has 5 amide bonds.